The molecule has 0 fully saturated rings. The largest absolute Gasteiger partial charge is 0.255 e. The Balaban J connectivity index is 2.18. The molecule has 2 rings (SSSR count). The summed E-state index contributed by atoms with van der Waals surface area (Å²) in [5, 5.41) is 1.98. The number of thiophene rings is 1. The van der Waals surface area contributed by atoms with Gasteiger partial charge >= 0.3 is 0 Å². The molecule has 6 heteroatoms. The summed E-state index contributed by atoms with van der Waals surface area (Å²) in [4.78, 5) is 5.33. The summed E-state index contributed by atoms with van der Waals surface area (Å²) in [5.74, 6) is 0. The fourth-order valence-electron chi connectivity index (χ4n) is 1.36. The average Bonchev–Trinajstić information content (AvgIpc) is 2.79. The zero-order valence-electron chi connectivity index (χ0n) is 9.25. The third kappa shape index (κ3) is 3.62. The van der Waals surface area contributed by atoms with E-state index in [2.05, 4.69) is 9.71 Å². The van der Waals surface area contributed by atoms with Gasteiger partial charge in [-0.1, -0.05) is 6.07 Å². The van der Waals surface area contributed by atoms with Crippen molar-refractivity contribution in [1.82, 2.24) is 9.71 Å². The van der Waals surface area contributed by atoms with Crippen LogP contribution in [-0.4, -0.2) is 19.7 Å². The van der Waals surface area contributed by atoms with E-state index in [9.17, 15) is 8.42 Å². The van der Waals surface area contributed by atoms with Crippen LogP contribution in [0.15, 0.2) is 35.8 Å². The van der Waals surface area contributed by atoms with Crippen molar-refractivity contribution in [3.63, 3.8) is 0 Å². The van der Waals surface area contributed by atoms with Crippen LogP contribution in [0.3, 0.4) is 0 Å². The van der Waals surface area contributed by atoms with Crippen LogP contribution >= 0.6 is 11.3 Å². The van der Waals surface area contributed by atoms with Crippen LogP contribution < -0.4 is 4.72 Å². The number of rotatable bonds is 4. The SMILES string of the molecule is CS(=O)(=O)NCc1ccnc(-c2cccs2)c1. The Kier molecular flexibility index (Phi) is 3.56. The van der Waals surface area contributed by atoms with E-state index in [-0.39, 0.29) is 0 Å². The van der Waals surface area contributed by atoms with E-state index in [4.69, 9.17) is 0 Å². The summed E-state index contributed by atoms with van der Waals surface area (Å²) >= 11 is 1.61. The molecule has 0 radical (unpaired) electrons. The molecule has 2 aromatic rings. The van der Waals surface area contributed by atoms with Crippen molar-refractivity contribution in [3.8, 4) is 10.6 Å². The number of nitrogens with zero attached hydrogens (tertiary/aromatic N) is 1. The van der Waals surface area contributed by atoms with Gasteiger partial charge in [0.2, 0.25) is 10.0 Å². The van der Waals surface area contributed by atoms with E-state index in [0.717, 1.165) is 22.4 Å². The highest BCUT2D eigenvalue weighted by Crippen LogP contribution is 2.22. The number of hydrogen-bond donors (Lipinski definition) is 1. The molecular formula is C11H12N2O2S2. The minimum Gasteiger partial charge on any atom is -0.255 e. The number of nitrogens with one attached hydrogen (secondary N) is 1. The third-order valence-corrected chi connectivity index (χ3v) is 3.70. The van der Waals surface area contributed by atoms with Gasteiger partial charge in [-0.2, -0.15) is 0 Å². The van der Waals surface area contributed by atoms with Gasteiger partial charge in [-0.25, -0.2) is 13.1 Å². The second kappa shape index (κ2) is 4.95. The molecule has 90 valence electrons. The van der Waals surface area contributed by atoms with Gasteiger partial charge in [-0.3, -0.25) is 4.98 Å². The molecule has 0 aromatic carbocycles. The molecule has 4 nitrogen and oxygen atoms in total. The number of pyridine rings is 1. The summed E-state index contributed by atoms with van der Waals surface area (Å²) < 4.78 is 24.4. The summed E-state index contributed by atoms with van der Waals surface area (Å²) in [5.41, 5.74) is 1.77. The van der Waals surface area contributed by atoms with Gasteiger partial charge < -0.3 is 0 Å². The lowest BCUT2D eigenvalue weighted by atomic mass is 10.2. The molecule has 0 spiro atoms. The zero-order chi connectivity index (χ0) is 12.3. The smallest absolute Gasteiger partial charge is 0.209 e. The molecule has 0 aliphatic rings. The van der Waals surface area contributed by atoms with Crippen LogP contribution in [0.1, 0.15) is 5.56 Å². The Bertz CT molecular complexity index is 592. The van der Waals surface area contributed by atoms with Gasteiger partial charge in [-0.05, 0) is 29.1 Å². The second-order valence-electron chi connectivity index (χ2n) is 3.62. The molecule has 0 aliphatic heterocycles. The molecule has 0 saturated heterocycles. The maximum absolute atomic E-state index is 11.0. The van der Waals surface area contributed by atoms with Crippen molar-refractivity contribution in [2.24, 2.45) is 0 Å². The van der Waals surface area contributed by atoms with Crippen molar-refractivity contribution in [3.05, 3.63) is 41.4 Å². The molecule has 0 saturated carbocycles. The molecule has 0 aliphatic carbocycles. The topological polar surface area (TPSA) is 59.1 Å². The second-order valence-corrected chi connectivity index (χ2v) is 6.40. The first-order valence-electron chi connectivity index (χ1n) is 4.98. The van der Waals surface area contributed by atoms with Crippen LogP contribution in [0.4, 0.5) is 0 Å². The molecule has 2 heterocycles. The Hall–Kier alpha value is -1.24. The fraction of sp³-hybridized carbons (Fsp3) is 0.182. The highest BCUT2D eigenvalue weighted by molar-refractivity contribution is 7.88. The van der Waals surface area contributed by atoms with Gasteiger partial charge in [-0.15, -0.1) is 11.3 Å². The predicted octanol–water partition coefficient (Wildman–Crippen LogP) is 1.86. The third-order valence-electron chi connectivity index (χ3n) is 2.14. The van der Waals surface area contributed by atoms with Crippen LogP contribution in [0.25, 0.3) is 10.6 Å². The molecule has 17 heavy (non-hydrogen) atoms. The van der Waals surface area contributed by atoms with Crippen LogP contribution in [0.5, 0.6) is 0 Å². The van der Waals surface area contributed by atoms with E-state index in [1.54, 1.807) is 23.6 Å². The van der Waals surface area contributed by atoms with E-state index in [1.807, 2.05) is 23.6 Å². The first-order valence-corrected chi connectivity index (χ1v) is 7.75. The summed E-state index contributed by atoms with van der Waals surface area (Å²) in [6.45, 7) is 0.291. The molecule has 0 amide bonds. The maximum atomic E-state index is 11.0. The summed E-state index contributed by atoms with van der Waals surface area (Å²) in [6, 6.07) is 7.64. The molecule has 0 unspecified atom stereocenters. The van der Waals surface area contributed by atoms with E-state index >= 15 is 0 Å². The number of hydrogen-bond acceptors (Lipinski definition) is 4. The maximum Gasteiger partial charge on any atom is 0.209 e. The van der Waals surface area contributed by atoms with Crippen LogP contribution in [0, 0.1) is 0 Å². The standard InChI is InChI=1S/C11H12N2O2S2/c1-17(14,15)13-8-9-4-5-12-10(7-9)11-3-2-6-16-11/h2-7,13H,8H2,1H3. The Labute approximate surface area is 104 Å². The van der Waals surface area contributed by atoms with Gasteiger partial charge in [0.1, 0.15) is 0 Å². The van der Waals surface area contributed by atoms with Gasteiger partial charge in [0.05, 0.1) is 16.8 Å². The van der Waals surface area contributed by atoms with Gasteiger partial charge in [0, 0.05) is 12.7 Å². The minimum absolute atomic E-state index is 0.291. The first kappa shape index (κ1) is 12.2. The highest BCUT2D eigenvalue weighted by atomic mass is 32.2. The molecule has 2 aromatic heterocycles. The number of aromatic nitrogens is 1. The fourth-order valence-corrected chi connectivity index (χ4v) is 2.48. The van der Waals surface area contributed by atoms with E-state index in [1.165, 1.54) is 0 Å². The monoisotopic (exact) mass is 268 g/mol. The van der Waals surface area contributed by atoms with Gasteiger partial charge in [0.15, 0.2) is 0 Å². The lowest BCUT2D eigenvalue weighted by Crippen LogP contribution is -2.21. The van der Waals surface area contributed by atoms with Crippen molar-refractivity contribution >= 4 is 21.4 Å². The predicted molar refractivity (Wildman–Crippen MR) is 69.2 cm³/mol. The molecule has 0 atom stereocenters. The first-order chi connectivity index (χ1) is 8.04. The quantitative estimate of drug-likeness (QED) is 0.920. The molecule has 1 N–H and O–H groups in total. The van der Waals surface area contributed by atoms with Crippen LogP contribution in [0.2, 0.25) is 0 Å². The van der Waals surface area contributed by atoms with Crippen molar-refractivity contribution in [2.75, 3.05) is 6.26 Å². The lowest BCUT2D eigenvalue weighted by Gasteiger charge is -2.04. The van der Waals surface area contributed by atoms with E-state index < -0.39 is 10.0 Å². The lowest BCUT2D eigenvalue weighted by molar-refractivity contribution is 0.587. The molecule has 0 bridgehead atoms. The minimum atomic E-state index is -3.16. The molecular weight excluding hydrogens is 256 g/mol. The van der Waals surface area contributed by atoms with E-state index in [0.29, 0.717) is 6.54 Å². The summed E-state index contributed by atoms with van der Waals surface area (Å²) in [6.07, 6.45) is 2.84. The number of sulfonamides is 1. The summed E-state index contributed by atoms with van der Waals surface area (Å²) in [7, 11) is -3.16. The normalized spacial score (nSPS) is 11.6. The van der Waals surface area contributed by atoms with Crippen molar-refractivity contribution in [1.29, 1.82) is 0 Å². The highest BCUT2D eigenvalue weighted by Gasteiger charge is 2.04. The Morgan fingerprint density at radius 2 is 2.24 bits per heavy atom. The van der Waals surface area contributed by atoms with Crippen LogP contribution in [-0.2, 0) is 16.6 Å². The van der Waals surface area contributed by atoms with Gasteiger partial charge in [0.25, 0.3) is 0 Å². The zero-order valence-corrected chi connectivity index (χ0v) is 10.9. The average molecular weight is 268 g/mol. The Morgan fingerprint density at radius 1 is 1.41 bits per heavy atom. The van der Waals surface area contributed by atoms with Crippen molar-refractivity contribution in [2.45, 2.75) is 6.54 Å². The Morgan fingerprint density at radius 3 is 2.88 bits per heavy atom. The van der Waals surface area contributed by atoms with Crippen molar-refractivity contribution < 1.29 is 8.42 Å².